The molecule has 0 heterocycles. The molecule has 0 aliphatic heterocycles. The van der Waals surface area contributed by atoms with Crippen molar-refractivity contribution >= 4 is 5.91 Å². The first-order chi connectivity index (χ1) is 10.6. The molecule has 2 rings (SSSR count). The maximum absolute atomic E-state index is 11.0. The number of ether oxygens (including phenoxy) is 1. The molecule has 0 spiro atoms. The van der Waals surface area contributed by atoms with E-state index in [-0.39, 0.29) is 11.7 Å². The van der Waals surface area contributed by atoms with Crippen LogP contribution in [0.15, 0.2) is 42.5 Å². The lowest BCUT2D eigenvalue weighted by molar-refractivity contribution is -0.125. The fourth-order valence-corrected chi connectivity index (χ4v) is 1.98. The zero-order valence-electron chi connectivity index (χ0n) is 12.6. The first-order valence-electron chi connectivity index (χ1n) is 7.11. The van der Waals surface area contributed by atoms with Gasteiger partial charge < -0.3 is 14.7 Å². The lowest BCUT2D eigenvalue weighted by Gasteiger charge is -2.15. The molecule has 5 heteroatoms. The Labute approximate surface area is 129 Å². The Kier molecular flexibility index (Phi) is 5.25. The summed E-state index contributed by atoms with van der Waals surface area (Å²) in [6.07, 6.45) is 0.838. The lowest BCUT2D eigenvalue weighted by atomic mass is 10.0. The lowest BCUT2D eigenvalue weighted by Crippen LogP contribution is -2.24. The molecule has 0 atom stereocenters. The predicted octanol–water partition coefficient (Wildman–Crippen LogP) is 3.28. The van der Waals surface area contributed by atoms with E-state index in [4.69, 9.17) is 9.57 Å². The molecule has 0 saturated carbocycles. The minimum atomic E-state index is -0.329. The third kappa shape index (κ3) is 3.69. The Bertz CT molecular complexity index is 641. The summed E-state index contributed by atoms with van der Waals surface area (Å²) >= 11 is 0. The number of rotatable bonds is 6. The Balaban J connectivity index is 2.45. The first-order valence-corrected chi connectivity index (χ1v) is 7.11. The fourth-order valence-electron chi connectivity index (χ4n) is 1.98. The fraction of sp³-hybridized carbons (Fsp3) is 0.235. The number of carbonyl (C=O) groups is 1. The number of phenols is 1. The maximum Gasteiger partial charge on any atom is 0.249 e. The van der Waals surface area contributed by atoms with Crippen molar-refractivity contribution in [2.45, 2.75) is 20.3 Å². The number of amides is 1. The van der Waals surface area contributed by atoms with Gasteiger partial charge in [0, 0.05) is 6.92 Å². The molecule has 22 heavy (non-hydrogen) atoms. The van der Waals surface area contributed by atoms with E-state index in [0.717, 1.165) is 12.0 Å². The van der Waals surface area contributed by atoms with Crippen LogP contribution in [0, 0.1) is 0 Å². The van der Waals surface area contributed by atoms with Gasteiger partial charge in [-0.1, -0.05) is 37.3 Å². The van der Waals surface area contributed by atoms with Gasteiger partial charge in [-0.15, -0.1) is 0 Å². The van der Waals surface area contributed by atoms with E-state index in [1.807, 2.05) is 37.3 Å². The summed E-state index contributed by atoms with van der Waals surface area (Å²) in [4.78, 5) is 16.3. The highest BCUT2D eigenvalue weighted by molar-refractivity contribution is 5.80. The highest BCUT2D eigenvalue weighted by atomic mass is 16.7. The summed E-state index contributed by atoms with van der Waals surface area (Å²) < 4.78 is 5.54. The van der Waals surface area contributed by atoms with E-state index >= 15 is 0 Å². The van der Waals surface area contributed by atoms with Crippen molar-refractivity contribution in [3.63, 3.8) is 0 Å². The van der Waals surface area contributed by atoms with Gasteiger partial charge in [-0.05, 0) is 24.1 Å². The van der Waals surface area contributed by atoms with E-state index < -0.39 is 0 Å². The number of hydroxylamine groups is 1. The van der Waals surface area contributed by atoms with E-state index in [9.17, 15) is 9.90 Å². The maximum atomic E-state index is 11.0. The molecule has 0 aromatic heterocycles. The summed E-state index contributed by atoms with van der Waals surface area (Å²) in [5.41, 5.74) is 3.51. The van der Waals surface area contributed by atoms with Crippen LogP contribution in [0.2, 0.25) is 0 Å². The smallest absolute Gasteiger partial charge is 0.249 e. The standard InChI is InChI=1S/C17H19NO4/c1-3-11-21-15-10-9-14(22-18-12(2)19)16(17(15)20)13-7-5-4-6-8-13/h4-10,20H,3,11H2,1-2H3,(H,18,19). The van der Waals surface area contributed by atoms with Gasteiger partial charge in [-0.25, -0.2) is 0 Å². The van der Waals surface area contributed by atoms with Crippen LogP contribution in [-0.4, -0.2) is 17.6 Å². The average molecular weight is 301 g/mol. The van der Waals surface area contributed by atoms with Crippen LogP contribution in [0.3, 0.4) is 0 Å². The molecule has 0 aliphatic carbocycles. The molecule has 116 valence electrons. The first kappa shape index (κ1) is 15.7. The van der Waals surface area contributed by atoms with Crippen LogP contribution >= 0.6 is 0 Å². The van der Waals surface area contributed by atoms with Crippen LogP contribution in [0.25, 0.3) is 11.1 Å². The molecule has 0 bridgehead atoms. The summed E-state index contributed by atoms with van der Waals surface area (Å²) in [7, 11) is 0. The molecular weight excluding hydrogens is 282 g/mol. The number of nitrogens with one attached hydrogen (secondary N) is 1. The zero-order chi connectivity index (χ0) is 15.9. The Hall–Kier alpha value is -2.69. The van der Waals surface area contributed by atoms with E-state index in [1.54, 1.807) is 12.1 Å². The van der Waals surface area contributed by atoms with E-state index in [0.29, 0.717) is 23.7 Å². The summed E-state index contributed by atoms with van der Waals surface area (Å²) in [6, 6.07) is 12.6. The van der Waals surface area contributed by atoms with E-state index in [1.165, 1.54) is 6.92 Å². The van der Waals surface area contributed by atoms with Gasteiger partial charge in [0.2, 0.25) is 5.91 Å². The van der Waals surface area contributed by atoms with E-state index in [2.05, 4.69) is 5.48 Å². The van der Waals surface area contributed by atoms with Crippen LogP contribution in [-0.2, 0) is 4.79 Å². The SMILES string of the molecule is CCCOc1ccc(ONC(C)=O)c(-c2ccccc2)c1O. The summed E-state index contributed by atoms with van der Waals surface area (Å²) in [6.45, 7) is 3.85. The average Bonchev–Trinajstić information content (AvgIpc) is 2.52. The molecule has 0 radical (unpaired) electrons. The molecule has 2 aromatic rings. The second-order valence-corrected chi connectivity index (χ2v) is 4.76. The molecule has 2 aromatic carbocycles. The van der Waals surface area contributed by atoms with Crippen molar-refractivity contribution in [2.24, 2.45) is 0 Å². The third-order valence-electron chi connectivity index (χ3n) is 2.93. The minimum Gasteiger partial charge on any atom is -0.504 e. The zero-order valence-corrected chi connectivity index (χ0v) is 12.6. The van der Waals surface area contributed by atoms with Gasteiger partial charge >= 0.3 is 0 Å². The molecule has 0 saturated heterocycles. The van der Waals surface area contributed by atoms with Crippen LogP contribution in [0.5, 0.6) is 17.2 Å². The largest absolute Gasteiger partial charge is 0.504 e. The van der Waals surface area contributed by atoms with Gasteiger partial charge in [0.25, 0.3) is 0 Å². The van der Waals surface area contributed by atoms with Gasteiger partial charge in [0.1, 0.15) is 0 Å². The van der Waals surface area contributed by atoms with Crippen LogP contribution < -0.4 is 15.1 Å². The second kappa shape index (κ2) is 7.36. The molecule has 0 aliphatic rings. The number of hydrogen-bond donors (Lipinski definition) is 2. The highest BCUT2D eigenvalue weighted by Crippen LogP contribution is 2.43. The molecular formula is C17H19NO4. The summed E-state index contributed by atoms with van der Waals surface area (Å²) in [5.74, 6) is 0.394. The summed E-state index contributed by atoms with van der Waals surface area (Å²) in [5, 5.41) is 10.5. The monoisotopic (exact) mass is 301 g/mol. The van der Waals surface area contributed by atoms with Crippen molar-refractivity contribution in [1.82, 2.24) is 5.48 Å². The van der Waals surface area contributed by atoms with Gasteiger partial charge in [0.05, 0.1) is 12.2 Å². The molecule has 5 nitrogen and oxygen atoms in total. The van der Waals surface area contributed by atoms with Crippen LogP contribution in [0.1, 0.15) is 20.3 Å². The van der Waals surface area contributed by atoms with Crippen molar-refractivity contribution < 1.29 is 19.5 Å². The van der Waals surface area contributed by atoms with Crippen molar-refractivity contribution in [3.05, 3.63) is 42.5 Å². The number of aromatic hydroxyl groups is 1. The van der Waals surface area contributed by atoms with Gasteiger partial charge in [-0.2, -0.15) is 5.48 Å². The number of phenolic OH excluding ortho intramolecular Hbond substituents is 1. The Morgan fingerprint density at radius 3 is 2.45 bits per heavy atom. The second-order valence-electron chi connectivity index (χ2n) is 4.76. The van der Waals surface area contributed by atoms with Crippen molar-refractivity contribution in [3.8, 4) is 28.4 Å². The molecule has 1 amide bonds. The normalized spacial score (nSPS) is 10.1. The van der Waals surface area contributed by atoms with Crippen LogP contribution in [0.4, 0.5) is 0 Å². The molecule has 2 N–H and O–H groups in total. The quantitative estimate of drug-likeness (QED) is 0.803. The topological polar surface area (TPSA) is 67.8 Å². The van der Waals surface area contributed by atoms with Crippen molar-refractivity contribution in [2.75, 3.05) is 6.61 Å². The Morgan fingerprint density at radius 1 is 1.14 bits per heavy atom. The minimum absolute atomic E-state index is 0.0116. The molecule has 0 unspecified atom stereocenters. The molecule has 0 fully saturated rings. The highest BCUT2D eigenvalue weighted by Gasteiger charge is 2.17. The number of hydrogen-bond acceptors (Lipinski definition) is 4. The van der Waals surface area contributed by atoms with Gasteiger partial charge in [-0.3, -0.25) is 4.79 Å². The van der Waals surface area contributed by atoms with Gasteiger partial charge in [0.15, 0.2) is 17.2 Å². The number of benzene rings is 2. The predicted molar refractivity (Wildman–Crippen MR) is 83.8 cm³/mol. The Morgan fingerprint density at radius 2 is 1.82 bits per heavy atom. The number of carbonyl (C=O) groups excluding carboxylic acids is 1. The van der Waals surface area contributed by atoms with Crippen molar-refractivity contribution in [1.29, 1.82) is 0 Å². The third-order valence-corrected chi connectivity index (χ3v) is 2.93.